The molecule has 0 radical (unpaired) electrons. The number of carbonyl (C=O) groups is 3. The number of hydrazone groups is 1. The molecule has 3 amide bonds. The predicted octanol–water partition coefficient (Wildman–Crippen LogP) is 7.17. The second-order valence-corrected chi connectivity index (χ2v) is 12.6. The fourth-order valence-electron chi connectivity index (χ4n) is 4.57. The van der Waals surface area contributed by atoms with Crippen LogP contribution >= 0.6 is 15.9 Å². The molecule has 1 aliphatic rings. The summed E-state index contributed by atoms with van der Waals surface area (Å²) in [5.41, 5.74) is 0.429. The van der Waals surface area contributed by atoms with E-state index in [2.05, 4.69) is 31.7 Å². The SMILES string of the molecule is CC(=O)N(O)/N=C/c1ccc(Oc2cc(Oc3cccc(Br)c3)cc(C(=O)NC3CCC(NC(=O)OC(C)(C)C)CC3)c2)cc1. The van der Waals surface area contributed by atoms with Gasteiger partial charge in [0.15, 0.2) is 0 Å². The number of hydrogen-bond acceptors (Lipinski definition) is 8. The van der Waals surface area contributed by atoms with E-state index in [1.165, 1.54) is 13.1 Å². The van der Waals surface area contributed by atoms with Crippen LogP contribution in [0.25, 0.3) is 0 Å². The van der Waals surface area contributed by atoms with Crippen molar-refractivity contribution in [2.45, 2.75) is 71.1 Å². The summed E-state index contributed by atoms with van der Waals surface area (Å²) in [6.45, 7) is 6.66. The maximum Gasteiger partial charge on any atom is 0.407 e. The van der Waals surface area contributed by atoms with Crippen molar-refractivity contribution in [2.24, 2.45) is 5.10 Å². The predicted molar refractivity (Wildman–Crippen MR) is 172 cm³/mol. The van der Waals surface area contributed by atoms with Crippen molar-refractivity contribution in [1.82, 2.24) is 15.8 Å². The number of alkyl carbamates (subject to hydrolysis) is 1. The van der Waals surface area contributed by atoms with E-state index in [1.54, 1.807) is 42.5 Å². The molecular weight excluding hydrogens is 644 g/mol. The third kappa shape index (κ3) is 10.9. The second-order valence-electron chi connectivity index (χ2n) is 11.6. The number of ether oxygens (including phenoxy) is 3. The number of nitrogens with zero attached hydrogens (tertiary/aromatic N) is 2. The lowest BCUT2D eigenvalue weighted by Gasteiger charge is -2.30. The largest absolute Gasteiger partial charge is 0.457 e. The lowest BCUT2D eigenvalue weighted by molar-refractivity contribution is -0.162. The van der Waals surface area contributed by atoms with Crippen LogP contribution in [0.5, 0.6) is 23.0 Å². The number of halogens is 1. The maximum atomic E-state index is 13.4. The molecule has 12 heteroatoms. The Kier molecular flexibility index (Phi) is 11.2. The number of rotatable bonds is 9. The lowest BCUT2D eigenvalue weighted by atomic mass is 9.91. The molecule has 0 aromatic heterocycles. The van der Waals surface area contributed by atoms with Gasteiger partial charge in [-0.25, -0.2) is 4.79 Å². The van der Waals surface area contributed by atoms with Gasteiger partial charge in [-0.05, 0) is 107 Å². The minimum Gasteiger partial charge on any atom is -0.457 e. The fourth-order valence-corrected chi connectivity index (χ4v) is 4.95. The molecule has 0 bridgehead atoms. The zero-order chi connectivity index (χ0) is 32.6. The first-order chi connectivity index (χ1) is 21.3. The molecule has 4 rings (SSSR count). The van der Waals surface area contributed by atoms with Gasteiger partial charge in [0.25, 0.3) is 11.8 Å². The van der Waals surface area contributed by atoms with E-state index in [1.807, 2.05) is 45.0 Å². The van der Waals surface area contributed by atoms with Crippen LogP contribution in [0.3, 0.4) is 0 Å². The van der Waals surface area contributed by atoms with Crippen molar-refractivity contribution in [2.75, 3.05) is 0 Å². The quantitative estimate of drug-likeness (QED) is 0.124. The molecule has 11 nitrogen and oxygen atoms in total. The van der Waals surface area contributed by atoms with Gasteiger partial charge in [0, 0.05) is 35.1 Å². The molecule has 3 N–H and O–H groups in total. The average Bonchev–Trinajstić information content (AvgIpc) is 2.96. The molecule has 0 heterocycles. The Labute approximate surface area is 270 Å². The van der Waals surface area contributed by atoms with Crippen molar-refractivity contribution >= 4 is 40.1 Å². The molecule has 3 aromatic rings. The van der Waals surface area contributed by atoms with Crippen LogP contribution in [0.4, 0.5) is 4.79 Å². The molecule has 1 aliphatic carbocycles. The lowest BCUT2D eigenvalue weighted by Crippen LogP contribution is -2.45. The Morgan fingerprint density at radius 2 is 1.47 bits per heavy atom. The van der Waals surface area contributed by atoms with Crippen molar-refractivity contribution in [1.29, 1.82) is 0 Å². The highest BCUT2D eigenvalue weighted by Gasteiger charge is 2.26. The average molecular weight is 682 g/mol. The summed E-state index contributed by atoms with van der Waals surface area (Å²) in [5.74, 6) is 0.985. The topological polar surface area (TPSA) is 139 Å². The number of hydroxylamine groups is 1. The number of carbonyl (C=O) groups excluding carboxylic acids is 3. The van der Waals surface area contributed by atoms with Gasteiger partial charge in [0.1, 0.15) is 28.6 Å². The summed E-state index contributed by atoms with van der Waals surface area (Å²) in [7, 11) is 0. The number of amides is 3. The van der Waals surface area contributed by atoms with Gasteiger partial charge in [0.05, 0.1) is 6.21 Å². The smallest absolute Gasteiger partial charge is 0.407 e. The van der Waals surface area contributed by atoms with E-state index in [9.17, 15) is 19.6 Å². The van der Waals surface area contributed by atoms with Crippen LogP contribution in [0.2, 0.25) is 0 Å². The molecule has 238 valence electrons. The normalized spacial score (nSPS) is 16.5. The summed E-state index contributed by atoms with van der Waals surface area (Å²) in [4.78, 5) is 36.7. The number of benzene rings is 3. The third-order valence-corrected chi connectivity index (χ3v) is 7.16. The van der Waals surface area contributed by atoms with Crippen LogP contribution in [0, 0.1) is 0 Å². The molecule has 0 saturated heterocycles. The Morgan fingerprint density at radius 1 is 0.867 bits per heavy atom. The van der Waals surface area contributed by atoms with Gasteiger partial charge in [-0.1, -0.05) is 22.0 Å². The third-order valence-electron chi connectivity index (χ3n) is 6.67. The van der Waals surface area contributed by atoms with E-state index in [-0.39, 0.29) is 23.2 Å². The van der Waals surface area contributed by atoms with E-state index >= 15 is 0 Å². The summed E-state index contributed by atoms with van der Waals surface area (Å²) < 4.78 is 18.4. The van der Waals surface area contributed by atoms with Crippen LogP contribution in [-0.2, 0) is 9.53 Å². The van der Waals surface area contributed by atoms with E-state index in [0.717, 1.165) is 17.3 Å². The van der Waals surface area contributed by atoms with Gasteiger partial charge in [-0.15, -0.1) is 5.17 Å². The first-order valence-electron chi connectivity index (χ1n) is 14.5. The van der Waals surface area contributed by atoms with Crippen LogP contribution in [0.15, 0.2) is 76.3 Å². The highest BCUT2D eigenvalue weighted by Crippen LogP contribution is 2.32. The van der Waals surface area contributed by atoms with E-state index in [0.29, 0.717) is 47.0 Å². The van der Waals surface area contributed by atoms with Crippen molar-refractivity contribution < 1.29 is 33.8 Å². The molecule has 1 saturated carbocycles. The first kappa shape index (κ1) is 33.5. The van der Waals surface area contributed by atoms with E-state index in [4.69, 9.17) is 14.2 Å². The molecule has 1 fully saturated rings. The fraction of sp³-hybridized carbons (Fsp3) is 0.333. The van der Waals surface area contributed by atoms with Crippen LogP contribution in [0.1, 0.15) is 69.3 Å². The molecule has 0 spiro atoms. The maximum absolute atomic E-state index is 13.4. The zero-order valence-corrected chi connectivity index (χ0v) is 27.2. The minimum atomic E-state index is -0.612. The molecule has 3 aromatic carbocycles. The van der Waals surface area contributed by atoms with Gasteiger partial charge in [0.2, 0.25) is 0 Å². The molecule has 45 heavy (non-hydrogen) atoms. The first-order valence-corrected chi connectivity index (χ1v) is 15.3. The Morgan fingerprint density at radius 3 is 2.04 bits per heavy atom. The number of hydrogen-bond donors (Lipinski definition) is 3. The second kappa shape index (κ2) is 15.0. The Hall–Kier alpha value is -4.42. The van der Waals surface area contributed by atoms with Gasteiger partial charge >= 0.3 is 6.09 Å². The molecular formula is C33H37BrN4O7. The number of nitrogens with one attached hydrogen (secondary N) is 2. The molecule has 0 unspecified atom stereocenters. The van der Waals surface area contributed by atoms with Gasteiger partial charge in [-0.3, -0.25) is 14.8 Å². The Bertz CT molecular complexity index is 1530. The van der Waals surface area contributed by atoms with Crippen molar-refractivity contribution in [3.63, 3.8) is 0 Å². The van der Waals surface area contributed by atoms with Crippen LogP contribution in [-0.4, -0.2) is 52.2 Å². The monoisotopic (exact) mass is 680 g/mol. The summed E-state index contributed by atoms with van der Waals surface area (Å²) in [5, 5.41) is 19.4. The molecule has 0 atom stereocenters. The molecule has 0 aliphatic heterocycles. The van der Waals surface area contributed by atoms with Crippen molar-refractivity contribution in [3.05, 3.63) is 82.3 Å². The van der Waals surface area contributed by atoms with Crippen molar-refractivity contribution in [3.8, 4) is 23.0 Å². The Balaban J connectivity index is 1.45. The highest BCUT2D eigenvalue weighted by molar-refractivity contribution is 9.10. The summed E-state index contributed by atoms with van der Waals surface area (Å²) in [6, 6.07) is 19.1. The van der Waals surface area contributed by atoms with E-state index < -0.39 is 17.6 Å². The van der Waals surface area contributed by atoms with Gasteiger partial charge in [-0.2, -0.15) is 5.10 Å². The zero-order valence-electron chi connectivity index (χ0n) is 25.6. The van der Waals surface area contributed by atoms with Crippen LogP contribution < -0.4 is 20.1 Å². The van der Waals surface area contributed by atoms with Gasteiger partial charge < -0.3 is 24.8 Å². The standard InChI is InChI=1S/C33H37BrN4O7/c1-21(39)38(42)35-20-22-8-14-27(15-9-22)43-29-16-23(17-30(19-29)44-28-7-5-6-24(34)18-28)31(40)36-25-10-12-26(13-11-25)37-32(41)45-33(2,3)4/h5-9,14-20,25-26,42H,10-13H2,1-4H3,(H,36,40)(H,37,41)/b35-20+. The highest BCUT2D eigenvalue weighted by atomic mass is 79.9. The minimum absolute atomic E-state index is 0.00991. The summed E-state index contributed by atoms with van der Waals surface area (Å²) >= 11 is 3.45. The summed E-state index contributed by atoms with van der Waals surface area (Å²) in [6.07, 6.45) is 3.76.